The van der Waals surface area contributed by atoms with Crippen LogP contribution in [0.15, 0.2) is 24.5 Å². The summed E-state index contributed by atoms with van der Waals surface area (Å²) in [5.41, 5.74) is -0.0493. The maximum Gasteiger partial charge on any atom is 0.266 e. The lowest BCUT2D eigenvalue weighted by atomic mass is 9.49. The number of carbonyl (C=O) groups excluding carboxylic acids is 1. The van der Waals surface area contributed by atoms with Crippen molar-refractivity contribution in [3.63, 3.8) is 0 Å². The minimum absolute atomic E-state index is 0.0185. The summed E-state index contributed by atoms with van der Waals surface area (Å²) < 4.78 is 28.7. The molecule has 7 heteroatoms. The summed E-state index contributed by atoms with van der Waals surface area (Å²) in [6, 6.07) is 3.84. The molecule has 0 radical (unpaired) electrons. The average molecular weight is 472 g/mol. The van der Waals surface area contributed by atoms with Crippen LogP contribution in [-0.2, 0) is 11.3 Å². The van der Waals surface area contributed by atoms with Gasteiger partial charge >= 0.3 is 0 Å². The zero-order valence-electron chi connectivity index (χ0n) is 19.9. The number of nitrogens with zero attached hydrogens (tertiary/aromatic N) is 3. The highest BCUT2D eigenvalue weighted by molar-refractivity contribution is 5.84. The Labute approximate surface area is 199 Å². The van der Waals surface area contributed by atoms with Crippen molar-refractivity contribution < 1.29 is 18.7 Å². The molecule has 2 heterocycles. The molecule has 4 aliphatic carbocycles. The van der Waals surface area contributed by atoms with Crippen LogP contribution in [0.5, 0.6) is 0 Å². The van der Waals surface area contributed by atoms with E-state index >= 15 is 0 Å². The van der Waals surface area contributed by atoms with Gasteiger partial charge in [0.25, 0.3) is 6.43 Å². The lowest BCUT2D eigenvalue weighted by molar-refractivity contribution is -0.160. The first-order chi connectivity index (χ1) is 16.3. The van der Waals surface area contributed by atoms with Crippen LogP contribution in [0.2, 0.25) is 0 Å². The van der Waals surface area contributed by atoms with Crippen LogP contribution in [-0.4, -0.2) is 37.7 Å². The summed E-state index contributed by atoms with van der Waals surface area (Å²) in [4.78, 5) is 17.9. The molecule has 0 aromatic carbocycles. The molecular weight excluding hydrogens is 436 g/mol. The molecule has 4 fully saturated rings. The molecule has 8 atom stereocenters. The molecule has 2 aromatic heterocycles. The van der Waals surface area contributed by atoms with E-state index in [0.717, 1.165) is 56.0 Å². The second-order valence-electron chi connectivity index (χ2n) is 11.9. The number of alkyl halides is 2. The van der Waals surface area contributed by atoms with Gasteiger partial charge in [0.2, 0.25) is 0 Å². The van der Waals surface area contributed by atoms with Gasteiger partial charge in [-0.1, -0.05) is 6.92 Å². The van der Waals surface area contributed by atoms with Crippen molar-refractivity contribution in [2.45, 2.75) is 83.3 Å². The lowest BCUT2D eigenvalue weighted by Crippen LogP contribution is -2.53. The lowest BCUT2D eigenvalue weighted by Gasteiger charge is -2.57. The molecule has 0 bridgehead atoms. The summed E-state index contributed by atoms with van der Waals surface area (Å²) >= 11 is 0. The summed E-state index contributed by atoms with van der Waals surface area (Å²) in [6.45, 7) is 2.64. The maximum atomic E-state index is 13.6. The van der Waals surface area contributed by atoms with Crippen molar-refractivity contribution in [1.29, 1.82) is 0 Å². The Morgan fingerprint density at radius 2 is 1.97 bits per heavy atom. The zero-order valence-corrected chi connectivity index (χ0v) is 19.9. The highest BCUT2D eigenvalue weighted by atomic mass is 19.3. The van der Waals surface area contributed by atoms with Crippen LogP contribution in [0.25, 0.3) is 11.0 Å². The third-order valence-corrected chi connectivity index (χ3v) is 10.6. The minimum Gasteiger partial charge on any atom is -0.384 e. The first-order valence-electron chi connectivity index (χ1n) is 13.1. The van der Waals surface area contributed by atoms with Gasteiger partial charge in [0.1, 0.15) is 17.7 Å². The fraction of sp³-hybridized carbons (Fsp3) is 0.741. The van der Waals surface area contributed by atoms with E-state index in [4.69, 9.17) is 0 Å². The van der Waals surface area contributed by atoms with Crippen LogP contribution in [0.3, 0.4) is 0 Å². The van der Waals surface area contributed by atoms with Crippen molar-refractivity contribution in [2.75, 3.05) is 0 Å². The monoisotopic (exact) mass is 471 g/mol. The summed E-state index contributed by atoms with van der Waals surface area (Å²) in [6.07, 6.45) is 8.19. The largest absolute Gasteiger partial charge is 0.384 e. The second-order valence-corrected chi connectivity index (χ2v) is 11.9. The quantitative estimate of drug-likeness (QED) is 0.660. The molecule has 6 rings (SSSR count). The molecule has 34 heavy (non-hydrogen) atoms. The standard InChI is InChI=1S/C27H35F2N3O2/c1-26-10-8-18-17-9-11-27(34,25(28)29)13-16(17)4-5-19(18)20(26)6-7-21(26)24(33)15-32-23-3-2-12-30-22(23)14-31-32/h2-3,12,14,16-21,25,34H,4-11,13,15H2,1H3/t16-,17?,18-,19-,20+,21+,26+,27-/m1/s1. The Hall–Kier alpha value is -1.89. The molecule has 5 nitrogen and oxygen atoms in total. The number of halogens is 2. The van der Waals surface area contributed by atoms with Gasteiger partial charge < -0.3 is 5.11 Å². The summed E-state index contributed by atoms with van der Waals surface area (Å²) in [5.74, 6) is 2.71. The Kier molecular flexibility index (Phi) is 5.36. The van der Waals surface area contributed by atoms with Gasteiger partial charge in [-0.2, -0.15) is 5.10 Å². The van der Waals surface area contributed by atoms with Gasteiger partial charge in [0.15, 0.2) is 5.78 Å². The number of hydrogen-bond acceptors (Lipinski definition) is 4. The van der Waals surface area contributed by atoms with E-state index in [2.05, 4.69) is 17.0 Å². The molecule has 0 spiro atoms. The van der Waals surface area contributed by atoms with Crippen molar-refractivity contribution >= 4 is 16.8 Å². The minimum atomic E-state index is -2.65. The first-order valence-corrected chi connectivity index (χ1v) is 13.1. The molecule has 2 aromatic rings. The fourth-order valence-electron chi connectivity index (χ4n) is 8.93. The molecule has 0 amide bonds. The van der Waals surface area contributed by atoms with Crippen LogP contribution < -0.4 is 0 Å². The Morgan fingerprint density at radius 1 is 1.15 bits per heavy atom. The number of aromatic nitrogens is 3. The molecule has 0 aliphatic heterocycles. The smallest absolute Gasteiger partial charge is 0.266 e. The topological polar surface area (TPSA) is 68.0 Å². The van der Waals surface area contributed by atoms with Gasteiger partial charge in [-0.25, -0.2) is 8.78 Å². The van der Waals surface area contributed by atoms with Crippen LogP contribution in [0.4, 0.5) is 8.78 Å². The highest BCUT2D eigenvalue weighted by Crippen LogP contribution is 2.65. The molecule has 1 N–H and O–H groups in total. The predicted octanol–water partition coefficient (Wildman–Crippen LogP) is 5.27. The third kappa shape index (κ3) is 3.36. The number of aliphatic hydroxyl groups is 1. The molecule has 1 unspecified atom stereocenters. The van der Waals surface area contributed by atoms with Crippen molar-refractivity contribution in [1.82, 2.24) is 14.8 Å². The van der Waals surface area contributed by atoms with Crippen molar-refractivity contribution in [2.24, 2.45) is 40.9 Å². The molecule has 184 valence electrons. The van der Waals surface area contributed by atoms with E-state index < -0.39 is 12.0 Å². The summed E-state index contributed by atoms with van der Waals surface area (Å²) in [7, 11) is 0. The number of Topliss-reactive ketones (excluding diaryl/α,β-unsaturated/α-hetero) is 1. The maximum absolute atomic E-state index is 13.6. The van der Waals surface area contributed by atoms with Gasteiger partial charge in [-0.05, 0) is 105 Å². The van der Waals surface area contributed by atoms with E-state index in [9.17, 15) is 18.7 Å². The number of hydrogen-bond donors (Lipinski definition) is 1. The number of pyridine rings is 1. The number of ketones is 1. The van der Waals surface area contributed by atoms with E-state index in [1.165, 1.54) is 0 Å². The second kappa shape index (κ2) is 8.07. The Balaban J connectivity index is 1.18. The molecule has 0 saturated heterocycles. The Morgan fingerprint density at radius 3 is 2.79 bits per heavy atom. The van der Waals surface area contributed by atoms with Crippen LogP contribution >= 0.6 is 0 Å². The molecule has 4 saturated carbocycles. The van der Waals surface area contributed by atoms with E-state index in [1.54, 1.807) is 17.1 Å². The molecular formula is C27H35F2N3O2. The van der Waals surface area contributed by atoms with Gasteiger partial charge in [0, 0.05) is 12.1 Å². The SMILES string of the molecule is C[C@]12CC[C@@H]3C4CC[C@](O)(C(F)F)C[C@H]4CC[C@H]3[C@@H]1CC[C@H]2C(=O)Cn1ncc2ncccc21. The van der Waals surface area contributed by atoms with Crippen molar-refractivity contribution in [3.8, 4) is 0 Å². The van der Waals surface area contributed by atoms with E-state index in [-0.39, 0.29) is 35.9 Å². The van der Waals surface area contributed by atoms with Crippen molar-refractivity contribution in [3.05, 3.63) is 24.5 Å². The van der Waals surface area contributed by atoms with E-state index in [0.29, 0.717) is 30.2 Å². The fourth-order valence-corrected chi connectivity index (χ4v) is 8.93. The summed E-state index contributed by atoms with van der Waals surface area (Å²) in [5, 5.41) is 14.9. The number of rotatable bonds is 4. The normalized spacial score (nSPS) is 41.8. The van der Waals surface area contributed by atoms with Crippen LogP contribution in [0.1, 0.15) is 64.7 Å². The van der Waals surface area contributed by atoms with Gasteiger partial charge in [-0.15, -0.1) is 0 Å². The zero-order chi connectivity index (χ0) is 23.7. The Bertz CT molecular complexity index is 1090. The molecule has 4 aliphatic rings. The van der Waals surface area contributed by atoms with E-state index in [1.807, 2.05) is 12.1 Å². The predicted molar refractivity (Wildman–Crippen MR) is 124 cm³/mol. The first kappa shape index (κ1) is 22.6. The van der Waals surface area contributed by atoms with Gasteiger partial charge in [0.05, 0.1) is 11.7 Å². The van der Waals surface area contributed by atoms with Gasteiger partial charge in [-0.3, -0.25) is 14.5 Å². The third-order valence-electron chi connectivity index (χ3n) is 10.6. The average Bonchev–Trinajstić information content (AvgIpc) is 3.39. The number of carbonyl (C=O) groups is 1. The number of fused-ring (bicyclic) bond motifs is 6. The van der Waals surface area contributed by atoms with Crippen LogP contribution in [0, 0.1) is 40.9 Å². The highest BCUT2D eigenvalue weighted by Gasteiger charge is 2.59.